The first kappa shape index (κ1) is 22.5. The molecule has 162 valence electrons. The molecule has 2 aromatic rings. The van der Waals surface area contributed by atoms with E-state index in [0.717, 1.165) is 31.1 Å². The third-order valence-electron chi connectivity index (χ3n) is 5.80. The maximum Gasteiger partial charge on any atom is 0.255 e. The van der Waals surface area contributed by atoms with E-state index < -0.39 is 10.0 Å². The lowest BCUT2D eigenvalue weighted by Gasteiger charge is -2.30. The molecular formula is C23H31N3O3S. The Morgan fingerprint density at radius 2 is 1.87 bits per heavy atom. The highest BCUT2D eigenvalue weighted by Gasteiger charge is 2.20. The molecule has 6 nitrogen and oxygen atoms in total. The molecule has 3 rings (SSSR count). The molecule has 2 N–H and O–H groups in total. The standard InChI is InChI=1S/C23H31N3O3S/c1-16-6-5-11-26(14-16)15-19-7-9-21(10-8-19)25-23(27)20-12-17(2)18(3)22(13-20)30(28,29)24-4/h7-10,12-13,16,24H,5-6,11,14-15H2,1-4H3,(H,25,27). The number of aryl methyl sites for hydroxylation is 1. The van der Waals surface area contributed by atoms with Gasteiger partial charge in [-0.25, -0.2) is 13.1 Å². The van der Waals surface area contributed by atoms with Crippen LogP contribution in [0.15, 0.2) is 41.3 Å². The molecular weight excluding hydrogens is 398 g/mol. The maximum atomic E-state index is 12.7. The lowest BCUT2D eigenvalue weighted by Crippen LogP contribution is -2.33. The molecule has 0 aromatic heterocycles. The van der Waals surface area contributed by atoms with Crippen LogP contribution in [-0.2, 0) is 16.6 Å². The Hall–Kier alpha value is -2.22. The number of nitrogens with one attached hydrogen (secondary N) is 2. The number of nitrogens with zero attached hydrogens (tertiary/aromatic N) is 1. The number of rotatable bonds is 6. The smallest absolute Gasteiger partial charge is 0.255 e. The number of amides is 1. The van der Waals surface area contributed by atoms with Crippen LogP contribution in [0.3, 0.4) is 0 Å². The van der Waals surface area contributed by atoms with E-state index >= 15 is 0 Å². The van der Waals surface area contributed by atoms with Crippen molar-refractivity contribution in [1.82, 2.24) is 9.62 Å². The fraction of sp³-hybridized carbons (Fsp3) is 0.435. The summed E-state index contributed by atoms with van der Waals surface area (Å²) in [5, 5.41) is 2.87. The largest absolute Gasteiger partial charge is 0.322 e. The predicted octanol–water partition coefficient (Wildman–Crippen LogP) is 3.70. The minimum Gasteiger partial charge on any atom is -0.322 e. The van der Waals surface area contributed by atoms with Crippen molar-refractivity contribution in [2.24, 2.45) is 5.92 Å². The van der Waals surface area contributed by atoms with Gasteiger partial charge in [0, 0.05) is 24.3 Å². The predicted molar refractivity (Wildman–Crippen MR) is 120 cm³/mol. The van der Waals surface area contributed by atoms with Crippen LogP contribution in [0.25, 0.3) is 0 Å². The molecule has 0 spiro atoms. The molecule has 0 radical (unpaired) electrons. The van der Waals surface area contributed by atoms with Gasteiger partial charge in [-0.2, -0.15) is 0 Å². The molecule has 0 saturated carbocycles. The second kappa shape index (κ2) is 9.29. The van der Waals surface area contributed by atoms with E-state index in [1.54, 1.807) is 19.9 Å². The van der Waals surface area contributed by atoms with Gasteiger partial charge in [0.1, 0.15) is 0 Å². The molecule has 1 atom stereocenters. The Balaban J connectivity index is 1.72. The average Bonchev–Trinajstić information content (AvgIpc) is 2.71. The van der Waals surface area contributed by atoms with Crippen molar-refractivity contribution in [2.45, 2.75) is 45.1 Å². The lowest BCUT2D eigenvalue weighted by molar-refractivity contribution is 0.102. The quantitative estimate of drug-likeness (QED) is 0.734. The van der Waals surface area contributed by atoms with Crippen molar-refractivity contribution in [3.05, 3.63) is 58.7 Å². The molecule has 0 aliphatic carbocycles. The zero-order valence-corrected chi connectivity index (χ0v) is 19.0. The zero-order valence-electron chi connectivity index (χ0n) is 18.2. The highest BCUT2D eigenvalue weighted by Crippen LogP contribution is 2.22. The minimum atomic E-state index is -3.64. The van der Waals surface area contributed by atoms with Crippen LogP contribution in [0.2, 0.25) is 0 Å². The molecule has 30 heavy (non-hydrogen) atoms. The molecule has 1 aliphatic heterocycles. The number of piperidine rings is 1. The number of hydrogen-bond acceptors (Lipinski definition) is 4. The van der Waals surface area contributed by atoms with Gasteiger partial charge in [-0.15, -0.1) is 0 Å². The molecule has 1 fully saturated rings. The van der Waals surface area contributed by atoms with Gasteiger partial charge in [-0.05, 0) is 87.2 Å². The molecule has 0 bridgehead atoms. The molecule has 2 aromatic carbocycles. The SMILES string of the molecule is CNS(=O)(=O)c1cc(C(=O)Nc2ccc(CN3CCCC(C)C3)cc2)cc(C)c1C. The van der Waals surface area contributed by atoms with Crippen molar-refractivity contribution >= 4 is 21.6 Å². The van der Waals surface area contributed by atoms with Gasteiger partial charge in [-0.3, -0.25) is 9.69 Å². The van der Waals surface area contributed by atoms with Gasteiger partial charge in [0.25, 0.3) is 5.91 Å². The number of likely N-dealkylation sites (tertiary alicyclic amines) is 1. The van der Waals surface area contributed by atoms with Crippen LogP contribution in [0.1, 0.15) is 46.8 Å². The Labute approximate surface area is 179 Å². The fourth-order valence-electron chi connectivity index (χ4n) is 3.93. The molecule has 7 heteroatoms. The number of sulfonamides is 1. The van der Waals surface area contributed by atoms with Crippen LogP contribution >= 0.6 is 0 Å². The van der Waals surface area contributed by atoms with E-state index in [0.29, 0.717) is 16.8 Å². The van der Waals surface area contributed by atoms with Crippen LogP contribution in [0.4, 0.5) is 5.69 Å². The van der Waals surface area contributed by atoms with Gasteiger partial charge in [0.15, 0.2) is 0 Å². The molecule has 1 saturated heterocycles. The van der Waals surface area contributed by atoms with E-state index in [2.05, 4.69) is 21.9 Å². The summed E-state index contributed by atoms with van der Waals surface area (Å²) < 4.78 is 26.9. The second-order valence-corrected chi connectivity index (χ2v) is 10.1. The first-order chi connectivity index (χ1) is 14.2. The van der Waals surface area contributed by atoms with Crippen molar-refractivity contribution in [3.8, 4) is 0 Å². The van der Waals surface area contributed by atoms with E-state index in [9.17, 15) is 13.2 Å². The average molecular weight is 430 g/mol. The van der Waals surface area contributed by atoms with Crippen molar-refractivity contribution in [3.63, 3.8) is 0 Å². The first-order valence-electron chi connectivity index (χ1n) is 10.4. The zero-order chi connectivity index (χ0) is 21.9. The number of benzene rings is 2. The summed E-state index contributed by atoms with van der Waals surface area (Å²) in [6.07, 6.45) is 2.55. The van der Waals surface area contributed by atoms with Crippen molar-refractivity contribution in [1.29, 1.82) is 0 Å². The summed E-state index contributed by atoms with van der Waals surface area (Å²) in [4.78, 5) is 15.3. The normalized spacial score (nSPS) is 17.7. The van der Waals surface area contributed by atoms with Crippen LogP contribution in [0.5, 0.6) is 0 Å². The van der Waals surface area contributed by atoms with Crippen molar-refractivity contribution in [2.75, 3.05) is 25.5 Å². The monoisotopic (exact) mass is 429 g/mol. The number of anilines is 1. The molecule has 1 heterocycles. The topological polar surface area (TPSA) is 78.5 Å². The van der Waals surface area contributed by atoms with E-state index in [-0.39, 0.29) is 10.8 Å². The van der Waals surface area contributed by atoms with Crippen LogP contribution in [-0.4, -0.2) is 39.4 Å². The summed E-state index contributed by atoms with van der Waals surface area (Å²) in [6.45, 7) is 9.02. The van der Waals surface area contributed by atoms with Crippen LogP contribution in [0, 0.1) is 19.8 Å². The van der Waals surface area contributed by atoms with Gasteiger partial charge < -0.3 is 5.32 Å². The number of carbonyl (C=O) groups is 1. The Kier molecular flexibility index (Phi) is 6.95. The number of hydrogen-bond donors (Lipinski definition) is 2. The highest BCUT2D eigenvalue weighted by atomic mass is 32.2. The number of carbonyl (C=O) groups excluding carboxylic acids is 1. The summed E-state index contributed by atoms with van der Waals surface area (Å²) in [5.74, 6) is 0.412. The highest BCUT2D eigenvalue weighted by molar-refractivity contribution is 7.89. The Morgan fingerprint density at radius 1 is 1.17 bits per heavy atom. The van der Waals surface area contributed by atoms with Gasteiger partial charge in [-0.1, -0.05) is 19.1 Å². The maximum absolute atomic E-state index is 12.7. The third-order valence-corrected chi connectivity index (χ3v) is 7.34. The van der Waals surface area contributed by atoms with Crippen molar-refractivity contribution < 1.29 is 13.2 Å². The second-order valence-electron chi connectivity index (χ2n) is 8.26. The van der Waals surface area contributed by atoms with E-state index in [1.165, 1.54) is 31.5 Å². The molecule has 1 aliphatic rings. The van der Waals surface area contributed by atoms with Crippen LogP contribution < -0.4 is 10.0 Å². The van der Waals surface area contributed by atoms with Gasteiger partial charge >= 0.3 is 0 Å². The molecule has 1 unspecified atom stereocenters. The van der Waals surface area contributed by atoms with Gasteiger partial charge in [0.2, 0.25) is 10.0 Å². The Morgan fingerprint density at radius 3 is 2.50 bits per heavy atom. The summed E-state index contributed by atoms with van der Waals surface area (Å²) in [7, 11) is -2.27. The van der Waals surface area contributed by atoms with E-state index in [4.69, 9.17) is 0 Å². The first-order valence-corrected chi connectivity index (χ1v) is 11.9. The third kappa shape index (κ3) is 5.28. The molecule has 1 amide bonds. The summed E-state index contributed by atoms with van der Waals surface area (Å²) >= 11 is 0. The lowest BCUT2D eigenvalue weighted by atomic mass is 10.00. The minimum absolute atomic E-state index is 0.126. The summed E-state index contributed by atoms with van der Waals surface area (Å²) in [6, 6.07) is 11.0. The van der Waals surface area contributed by atoms with E-state index in [1.807, 2.05) is 24.3 Å². The summed E-state index contributed by atoms with van der Waals surface area (Å²) in [5.41, 5.74) is 3.61. The Bertz CT molecular complexity index is 1020. The fourth-order valence-corrected chi connectivity index (χ4v) is 5.00. The van der Waals surface area contributed by atoms with Gasteiger partial charge in [0.05, 0.1) is 4.90 Å².